The molecule has 0 saturated carbocycles. The normalized spacial score (nSPS) is 10.4. The first-order valence-corrected chi connectivity index (χ1v) is 7.42. The summed E-state index contributed by atoms with van der Waals surface area (Å²) in [6, 6.07) is 16.0. The summed E-state index contributed by atoms with van der Waals surface area (Å²) in [5.41, 5.74) is 4.85. The summed E-state index contributed by atoms with van der Waals surface area (Å²) in [5, 5.41) is 0. The molecule has 116 valence electrons. The second kappa shape index (κ2) is 6.48. The highest BCUT2D eigenvalue weighted by molar-refractivity contribution is 5.77. The van der Waals surface area contributed by atoms with Crippen LogP contribution in [0.1, 0.15) is 0 Å². The van der Waals surface area contributed by atoms with Crippen molar-refractivity contribution in [2.75, 3.05) is 26.1 Å². The lowest BCUT2D eigenvalue weighted by molar-refractivity contribution is 0.415. The molecule has 0 amide bonds. The lowest BCUT2D eigenvalue weighted by atomic mass is 10.1. The van der Waals surface area contributed by atoms with Crippen molar-refractivity contribution in [3.05, 3.63) is 60.9 Å². The van der Waals surface area contributed by atoms with E-state index in [0.29, 0.717) is 0 Å². The molecular weight excluding hydrogens is 286 g/mol. The van der Waals surface area contributed by atoms with Crippen molar-refractivity contribution in [3.63, 3.8) is 0 Å². The minimum Gasteiger partial charge on any atom is -0.497 e. The number of hydrogen-bond donors (Lipinski definition) is 0. The summed E-state index contributed by atoms with van der Waals surface area (Å²) in [4.78, 5) is 11.2. The third-order valence-corrected chi connectivity index (χ3v) is 3.66. The Labute approximate surface area is 136 Å². The van der Waals surface area contributed by atoms with Crippen LogP contribution in [0.4, 0.5) is 5.69 Å². The van der Waals surface area contributed by atoms with E-state index in [-0.39, 0.29) is 0 Å². The molecule has 4 nitrogen and oxygen atoms in total. The van der Waals surface area contributed by atoms with Crippen molar-refractivity contribution in [1.29, 1.82) is 0 Å². The van der Waals surface area contributed by atoms with Gasteiger partial charge in [0.05, 0.1) is 30.9 Å². The van der Waals surface area contributed by atoms with Gasteiger partial charge >= 0.3 is 0 Å². The van der Waals surface area contributed by atoms with E-state index in [1.54, 1.807) is 19.5 Å². The van der Waals surface area contributed by atoms with E-state index in [4.69, 9.17) is 9.72 Å². The highest BCUT2D eigenvalue weighted by Gasteiger charge is 2.10. The average molecular weight is 305 g/mol. The SMILES string of the molecule is COc1cccc(-c2cncc(-c3ccccc3N(C)C)n2)c1. The van der Waals surface area contributed by atoms with Crippen LogP contribution < -0.4 is 9.64 Å². The van der Waals surface area contributed by atoms with E-state index < -0.39 is 0 Å². The molecule has 1 aromatic heterocycles. The lowest BCUT2D eigenvalue weighted by Crippen LogP contribution is -2.10. The van der Waals surface area contributed by atoms with Crippen LogP contribution in [0.5, 0.6) is 5.75 Å². The standard InChI is InChI=1S/C19H19N3O/c1-22(2)19-10-5-4-9-16(19)18-13-20-12-17(21-18)14-7-6-8-15(11-14)23-3/h4-13H,1-3H3. The summed E-state index contributed by atoms with van der Waals surface area (Å²) < 4.78 is 5.29. The Hall–Kier alpha value is -2.88. The van der Waals surface area contributed by atoms with Gasteiger partial charge in [-0.2, -0.15) is 0 Å². The first-order valence-electron chi connectivity index (χ1n) is 7.42. The number of para-hydroxylation sites is 1. The van der Waals surface area contributed by atoms with Gasteiger partial charge in [-0.25, -0.2) is 4.98 Å². The summed E-state index contributed by atoms with van der Waals surface area (Å²) in [7, 11) is 5.71. The van der Waals surface area contributed by atoms with Crippen LogP contribution in [0.25, 0.3) is 22.5 Å². The molecule has 0 radical (unpaired) electrons. The first kappa shape index (κ1) is 15.0. The molecule has 0 fully saturated rings. The smallest absolute Gasteiger partial charge is 0.119 e. The Morgan fingerprint density at radius 3 is 2.48 bits per heavy atom. The molecular formula is C19H19N3O. The molecule has 0 saturated heterocycles. The van der Waals surface area contributed by atoms with Gasteiger partial charge in [-0.15, -0.1) is 0 Å². The molecule has 0 spiro atoms. The molecule has 0 bridgehead atoms. The second-order valence-corrected chi connectivity index (χ2v) is 5.43. The zero-order valence-electron chi connectivity index (χ0n) is 13.5. The fourth-order valence-corrected chi connectivity index (χ4v) is 2.50. The fraction of sp³-hybridized carbons (Fsp3) is 0.158. The predicted octanol–water partition coefficient (Wildman–Crippen LogP) is 3.89. The Kier molecular flexibility index (Phi) is 4.24. The lowest BCUT2D eigenvalue weighted by Gasteiger charge is -2.17. The number of methoxy groups -OCH3 is 1. The molecule has 0 aliphatic heterocycles. The van der Waals surface area contributed by atoms with E-state index in [9.17, 15) is 0 Å². The highest BCUT2D eigenvalue weighted by Crippen LogP contribution is 2.29. The number of benzene rings is 2. The summed E-state index contributed by atoms with van der Waals surface area (Å²) in [6.45, 7) is 0. The van der Waals surface area contributed by atoms with Gasteiger partial charge in [0.2, 0.25) is 0 Å². The van der Waals surface area contributed by atoms with Crippen LogP contribution in [0.3, 0.4) is 0 Å². The Balaban J connectivity index is 2.07. The molecule has 0 atom stereocenters. The largest absolute Gasteiger partial charge is 0.497 e. The minimum atomic E-state index is 0.809. The van der Waals surface area contributed by atoms with Crippen molar-refractivity contribution in [1.82, 2.24) is 9.97 Å². The van der Waals surface area contributed by atoms with Gasteiger partial charge in [-0.05, 0) is 18.2 Å². The molecule has 0 aliphatic rings. The zero-order valence-corrected chi connectivity index (χ0v) is 13.5. The molecule has 4 heteroatoms. The van der Waals surface area contributed by atoms with Gasteiger partial charge in [0.1, 0.15) is 5.75 Å². The first-order chi connectivity index (χ1) is 11.2. The van der Waals surface area contributed by atoms with Crippen molar-refractivity contribution < 1.29 is 4.74 Å². The molecule has 3 aromatic rings. The van der Waals surface area contributed by atoms with E-state index in [0.717, 1.165) is 34.0 Å². The van der Waals surface area contributed by atoms with Gasteiger partial charge in [-0.3, -0.25) is 4.98 Å². The number of aromatic nitrogens is 2. The molecule has 1 heterocycles. The third kappa shape index (κ3) is 3.16. The highest BCUT2D eigenvalue weighted by atomic mass is 16.5. The molecule has 0 aliphatic carbocycles. The molecule has 2 aromatic carbocycles. The third-order valence-electron chi connectivity index (χ3n) is 3.66. The molecule has 3 rings (SSSR count). The van der Waals surface area contributed by atoms with E-state index >= 15 is 0 Å². The number of anilines is 1. The van der Waals surface area contributed by atoms with Crippen LogP contribution >= 0.6 is 0 Å². The zero-order chi connectivity index (χ0) is 16.2. The number of ether oxygens (including phenoxy) is 1. The Morgan fingerprint density at radius 1 is 0.913 bits per heavy atom. The van der Waals surface area contributed by atoms with Crippen molar-refractivity contribution in [3.8, 4) is 28.3 Å². The molecule has 0 unspecified atom stereocenters. The maximum absolute atomic E-state index is 5.29. The maximum atomic E-state index is 5.29. The topological polar surface area (TPSA) is 38.2 Å². The van der Waals surface area contributed by atoms with Gasteiger partial charge < -0.3 is 9.64 Å². The minimum absolute atomic E-state index is 0.809. The van der Waals surface area contributed by atoms with Gasteiger partial charge in [-0.1, -0.05) is 30.3 Å². The number of nitrogens with zero attached hydrogens (tertiary/aromatic N) is 3. The van der Waals surface area contributed by atoms with Crippen LogP contribution in [0.15, 0.2) is 60.9 Å². The van der Waals surface area contributed by atoms with Gasteiger partial charge in [0.25, 0.3) is 0 Å². The van der Waals surface area contributed by atoms with Crippen molar-refractivity contribution >= 4 is 5.69 Å². The average Bonchev–Trinajstić information content (AvgIpc) is 2.62. The summed E-state index contributed by atoms with van der Waals surface area (Å²) in [6.07, 6.45) is 3.57. The van der Waals surface area contributed by atoms with Crippen LogP contribution in [-0.2, 0) is 0 Å². The fourth-order valence-electron chi connectivity index (χ4n) is 2.50. The summed E-state index contributed by atoms with van der Waals surface area (Å²) in [5.74, 6) is 0.809. The van der Waals surface area contributed by atoms with Crippen molar-refractivity contribution in [2.45, 2.75) is 0 Å². The molecule has 0 N–H and O–H groups in total. The van der Waals surface area contributed by atoms with Gasteiger partial charge in [0.15, 0.2) is 0 Å². The van der Waals surface area contributed by atoms with Crippen LogP contribution in [-0.4, -0.2) is 31.2 Å². The van der Waals surface area contributed by atoms with E-state index in [1.807, 2.05) is 50.5 Å². The van der Waals surface area contributed by atoms with Crippen molar-refractivity contribution in [2.24, 2.45) is 0 Å². The van der Waals surface area contributed by atoms with E-state index in [2.05, 4.69) is 22.0 Å². The Bertz CT molecular complexity index is 815. The number of hydrogen-bond acceptors (Lipinski definition) is 4. The summed E-state index contributed by atoms with van der Waals surface area (Å²) >= 11 is 0. The quantitative estimate of drug-likeness (QED) is 0.733. The van der Waals surface area contributed by atoms with Crippen LogP contribution in [0.2, 0.25) is 0 Å². The Morgan fingerprint density at radius 2 is 1.70 bits per heavy atom. The van der Waals surface area contributed by atoms with Crippen LogP contribution in [0, 0.1) is 0 Å². The van der Waals surface area contributed by atoms with Gasteiger partial charge in [0, 0.05) is 30.9 Å². The van der Waals surface area contributed by atoms with E-state index in [1.165, 1.54) is 0 Å². The molecule has 23 heavy (non-hydrogen) atoms. The number of rotatable bonds is 4. The monoisotopic (exact) mass is 305 g/mol. The second-order valence-electron chi connectivity index (χ2n) is 5.43. The predicted molar refractivity (Wildman–Crippen MR) is 93.8 cm³/mol. The maximum Gasteiger partial charge on any atom is 0.119 e.